The van der Waals surface area contributed by atoms with E-state index in [0.717, 1.165) is 16.6 Å². The molecule has 1 aliphatic heterocycles. The number of para-hydroxylation sites is 2. The quantitative estimate of drug-likeness (QED) is 0.547. The molecule has 0 bridgehead atoms. The molecule has 1 aliphatic rings. The fourth-order valence-electron chi connectivity index (χ4n) is 4.20. The van der Waals surface area contributed by atoms with Crippen LogP contribution in [0, 0.1) is 0 Å². The van der Waals surface area contributed by atoms with Gasteiger partial charge in [-0.05, 0) is 30.5 Å². The van der Waals surface area contributed by atoms with Crippen LogP contribution in [0.4, 0.5) is 0 Å². The van der Waals surface area contributed by atoms with Crippen LogP contribution < -0.4 is 5.56 Å². The standard InChI is InChI=1S/C24H27N3O4S/c1-26(19-14-16-32(30,31)17-19)23(28)12-11-21-24(29)27(15-13-18-7-3-2-4-8-18)22-10-6-5-9-20(22)25-21/h2-10,19H,11-17H2,1H3. The van der Waals surface area contributed by atoms with Crippen molar-refractivity contribution in [2.75, 3.05) is 18.6 Å². The molecule has 1 fully saturated rings. The zero-order valence-corrected chi connectivity index (χ0v) is 18.9. The molecule has 1 saturated heterocycles. The van der Waals surface area contributed by atoms with Gasteiger partial charge in [-0.25, -0.2) is 13.4 Å². The fourth-order valence-corrected chi connectivity index (χ4v) is 5.98. The van der Waals surface area contributed by atoms with Gasteiger partial charge < -0.3 is 9.47 Å². The maximum atomic E-state index is 13.2. The van der Waals surface area contributed by atoms with Gasteiger partial charge in [0.15, 0.2) is 9.84 Å². The molecule has 168 valence electrons. The number of carbonyl (C=O) groups excluding carboxylic acids is 1. The Morgan fingerprint density at radius 3 is 2.53 bits per heavy atom. The van der Waals surface area contributed by atoms with Gasteiger partial charge in [-0.15, -0.1) is 0 Å². The van der Waals surface area contributed by atoms with Crippen molar-refractivity contribution in [2.24, 2.45) is 0 Å². The third-order valence-electron chi connectivity index (χ3n) is 6.11. The highest BCUT2D eigenvalue weighted by Crippen LogP contribution is 2.18. The molecular formula is C24H27N3O4S. The van der Waals surface area contributed by atoms with E-state index in [4.69, 9.17) is 0 Å². The number of benzene rings is 2. The molecule has 2 heterocycles. The maximum Gasteiger partial charge on any atom is 0.272 e. The number of rotatable bonds is 7. The normalized spacial score (nSPS) is 17.5. The number of aromatic nitrogens is 2. The summed E-state index contributed by atoms with van der Waals surface area (Å²) in [7, 11) is -1.43. The number of carbonyl (C=O) groups is 1. The predicted octanol–water partition coefficient (Wildman–Crippen LogP) is 2.22. The second-order valence-corrected chi connectivity index (χ2v) is 10.5. The van der Waals surface area contributed by atoms with Crippen molar-refractivity contribution in [1.29, 1.82) is 0 Å². The van der Waals surface area contributed by atoms with Gasteiger partial charge in [0.1, 0.15) is 5.69 Å². The number of hydrogen-bond donors (Lipinski definition) is 0. The highest BCUT2D eigenvalue weighted by Gasteiger charge is 2.32. The molecule has 4 rings (SSSR count). The number of hydrogen-bond acceptors (Lipinski definition) is 5. The first-order valence-electron chi connectivity index (χ1n) is 10.8. The Balaban J connectivity index is 1.53. The molecule has 0 aliphatic carbocycles. The molecule has 1 atom stereocenters. The highest BCUT2D eigenvalue weighted by molar-refractivity contribution is 7.91. The average Bonchev–Trinajstić information content (AvgIpc) is 3.16. The summed E-state index contributed by atoms with van der Waals surface area (Å²) in [4.78, 5) is 32.0. The molecule has 1 aromatic heterocycles. The van der Waals surface area contributed by atoms with Gasteiger partial charge >= 0.3 is 0 Å². The van der Waals surface area contributed by atoms with Gasteiger partial charge in [-0.1, -0.05) is 42.5 Å². The van der Waals surface area contributed by atoms with E-state index in [2.05, 4.69) is 4.98 Å². The topological polar surface area (TPSA) is 89.3 Å². The van der Waals surface area contributed by atoms with E-state index in [0.29, 0.717) is 25.1 Å². The molecule has 7 nitrogen and oxygen atoms in total. The fraction of sp³-hybridized carbons (Fsp3) is 0.375. The third-order valence-corrected chi connectivity index (χ3v) is 7.86. The van der Waals surface area contributed by atoms with Crippen LogP contribution in [-0.2, 0) is 34.0 Å². The van der Waals surface area contributed by atoms with E-state index >= 15 is 0 Å². The molecule has 0 N–H and O–H groups in total. The molecule has 1 amide bonds. The lowest BCUT2D eigenvalue weighted by atomic mass is 10.1. The molecule has 0 saturated carbocycles. The summed E-state index contributed by atoms with van der Waals surface area (Å²) in [6, 6.07) is 17.2. The Morgan fingerprint density at radius 2 is 1.81 bits per heavy atom. The summed E-state index contributed by atoms with van der Waals surface area (Å²) in [6.07, 6.45) is 1.51. The molecule has 0 spiro atoms. The minimum atomic E-state index is -3.07. The molecule has 3 aromatic rings. The summed E-state index contributed by atoms with van der Waals surface area (Å²) >= 11 is 0. The minimum Gasteiger partial charge on any atom is -0.342 e. The van der Waals surface area contributed by atoms with Gasteiger partial charge in [0.25, 0.3) is 5.56 Å². The molecule has 0 radical (unpaired) electrons. The van der Waals surface area contributed by atoms with Crippen LogP contribution in [0.3, 0.4) is 0 Å². The summed E-state index contributed by atoms with van der Waals surface area (Å²) in [5.74, 6) is -0.0408. The maximum absolute atomic E-state index is 13.2. The van der Waals surface area contributed by atoms with Gasteiger partial charge in [0.05, 0.1) is 22.5 Å². The van der Waals surface area contributed by atoms with Crippen molar-refractivity contribution in [3.05, 3.63) is 76.2 Å². The van der Waals surface area contributed by atoms with Crippen molar-refractivity contribution in [3.8, 4) is 0 Å². The molecule has 8 heteroatoms. The predicted molar refractivity (Wildman–Crippen MR) is 124 cm³/mol. The second kappa shape index (κ2) is 9.24. The molecular weight excluding hydrogens is 426 g/mol. The lowest BCUT2D eigenvalue weighted by molar-refractivity contribution is -0.131. The Kier molecular flexibility index (Phi) is 6.41. The van der Waals surface area contributed by atoms with Crippen LogP contribution in [-0.4, -0.2) is 53.4 Å². The second-order valence-electron chi connectivity index (χ2n) is 8.30. The Bertz CT molecular complexity index is 1290. The highest BCUT2D eigenvalue weighted by atomic mass is 32.2. The van der Waals surface area contributed by atoms with E-state index in [-0.39, 0.29) is 41.9 Å². The Labute approximate surface area is 187 Å². The number of aryl methyl sites for hydroxylation is 3. The number of sulfone groups is 1. The van der Waals surface area contributed by atoms with Crippen LogP contribution in [0.25, 0.3) is 11.0 Å². The lowest BCUT2D eigenvalue weighted by Gasteiger charge is -2.23. The van der Waals surface area contributed by atoms with E-state index in [1.807, 2.05) is 54.6 Å². The van der Waals surface area contributed by atoms with Crippen LogP contribution in [0.5, 0.6) is 0 Å². The largest absolute Gasteiger partial charge is 0.342 e. The Morgan fingerprint density at radius 1 is 1.09 bits per heavy atom. The first kappa shape index (κ1) is 22.2. The molecule has 1 unspecified atom stereocenters. The van der Waals surface area contributed by atoms with Crippen molar-refractivity contribution in [1.82, 2.24) is 14.5 Å². The first-order valence-corrected chi connectivity index (χ1v) is 12.6. The van der Waals surface area contributed by atoms with Gasteiger partial charge in [-0.3, -0.25) is 9.59 Å². The van der Waals surface area contributed by atoms with E-state index < -0.39 is 9.84 Å². The van der Waals surface area contributed by atoms with Gasteiger partial charge in [-0.2, -0.15) is 0 Å². The van der Waals surface area contributed by atoms with Crippen LogP contribution in [0.15, 0.2) is 59.4 Å². The minimum absolute atomic E-state index is 0.00968. The molecule has 2 aromatic carbocycles. The van der Waals surface area contributed by atoms with Gasteiger partial charge in [0.2, 0.25) is 5.91 Å². The van der Waals surface area contributed by atoms with E-state index in [9.17, 15) is 18.0 Å². The lowest BCUT2D eigenvalue weighted by Crippen LogP contribution is -2.38. The number of fused-ring (bicyclic) bond motifs is 1. The van der Waals surface area contributed by atoms with Crippen molar-refractivity contribution in [2.45, 2.75) is 38.3 Å². The van der Waals surface area contributed by atoms with Crippen LogP contribution in [0.1, 0.15) is 24.1 Å². The van der Waals surface area contributed by atoms with Crippen molar-refractivity contribution >= 4 is 26.8 Å². The number of nitrogens with zero attached hydrogens (tertiary/aromatic N) is 3. The van der Waals surface area contributed by atoms with Crippen molar-refractivity contribution in [3.63, 3.8) is 0 Å². The SMILES string of the molecule is CN(C(=O)CCc1nc2ccccc2n(CCc2ccccc2)c1=O)C1CCS(=O)(=O)C1. The monoisotopic (exact) mass is 453 g/mol. The zero-order valence-electron chi connectivity index (χ0n) is 18.1. The summed E-state index contributed by atoms with van der Waals surface area (Å²) in [5.41, 5.74) is 2.82. The number of amides is 1. The van der Waals surface area contributed by atoms with Crippen LogP contribution >= 0.6 is 0 Å². The Hall–Kier alpha value is -3.00. The zero-order chi connectivity index (χ0) is 22.7. The third kappa shape index (κ3) is 4.91. The summed E-state index contributed by atoms with van der Waals surface area (Å²) in [6.45, 7) is 0.520. The summed E-state index contributed by atoms with van der Waals surface area (Å²) in [5, 5.41) is 0. The van der Waals surface area contributed by atoms with Gasteiger partial charge in [0, 0.05) is 32.5 Å². The smallest absolute Gasteiger partial charge is 0.272 e. The average molecular weight is 454 g/mol. The van der Waals surface area contributed by atoms with E-state index in [1.54, 1.807) is 11.6 Å². The van der Waals surface area contributed by atoms with Crippen LogP contribution in [0.2, 0.25) is 0 Å². The first-order chi connectivity index (χ1) is 15.3. The van der Waals surface area contributed by atoms with Crippen molar-refractivity contribution < 1.29 is 13.2 Å². The summed E-state index contributed by atoms with van der Waals surface area (Å²) < 4.78 is 25.2. The van der Waals surface area contributed by atoms with E-state index in [1.165, 1.54) is 4.90 Å². The molecule has 32 heavy (non-hydrogen) atoms.